The van der Waals surface area contributed by atoms with E-state index in [9.17, 15) is 14.4 Å². The van der Waals surface area contributed by atoms with Crippen molar-refractivity contribution in [2.45, 2.75) is 12.5 Å². The number of carbonyl (C=O) groups is 3. The minimum atomic E-state index is -1.25. The van der Waals surface area contributed by atoms with Gasteiger partial charge >= 0.3 is 6.03 Å². The number of hydrogen-bond donors (Lipinski definition) is 2. The van der Waals surface area contributed by atoms with Crippen LogP contribution in [0.4, 0.5) is 10.5 Å². The summed E-state index contributed by atoms with van der Waals surface area (Å²) in [7, 11) is 3.07. The lowest BCUT2D eigenvalue weighted by atomic mass is 9.92. The van der Waals surface area contributed by atoms with Crippen LogP contribution in [-0.4, -0.2) is 43.5 Å². The third-order valence-corrected chi connectivity index (χ3v) is 4.60. The molecule has 3 rings (SSSR count). The van der Waals surface area contributed by atoms with Crippen molar-refractivity contribution in [2.75, 3.05) is 26.1 Å². The Morgan fingerprint density at radius 1 is 1.07 bits per heavy atom. The zero-order valence-corrected chi connectivity index (χ0v) is 15.8. The van der Waals surface area contributed by atoms with Crippen LogP contribution in [0, 0.1) is 0 Å². The molecule has 1 aliphatic rings. The van der Waals surface area contributed by atoms with Gasteiger partial charge in [-0.1, -0.05) is 18.2 Å². The summed E-state index contributed by atoms with van der Waals surface area (Å²) in [6.07, 6.45) is 0. The van der Waals surface area contributed by atoms with Gasteiger partial charge in [0.15, 0.2) is 0 Å². The first-order valence-electron chi connectivity index (χ1n) is 8.60. The maximum absolute atomic E-state index is 12.9. The van der Waals surface area contributed by atoms with E-state index in [0.29, 0.717) is 22.7 Å². The third kappa shape index (κ3) is 3.62. The van der Waals surface area contributed by atoms with Gasteiger partial charge < -0.3 is 20.1 Å². The van der Waals surface area contributed by atoms with E-state index >= 15 is 0 Å². The molecule has 0 aliphatic carbocycles. The summed E-state index contributed by atoms with van der Waals surface area (Å²) in [5.74, 6) is 0.234. The fraction of sp³-hybridized carbons (Fsp3) is 0.250. The second-order valence-corrected chi connectivity index (χ2v) is 6.46. The Bertz CT molecular complexity index is 912. The molecule has 0 bridgehead atoms. The average Bonchev–Trinajstić information content (AvgIpc) is 2.92. The number of rotatable bonds is 6. The van der Waals surface area contributed by atoms with Crippen molar-refractivity contribution in [1.82, 2.24) is 10.2 Å². The number of methoxy groups -OCH3 is 2. The molecule has 0 spiro atoms. The van der Waals surface area contributed by atoms with Gasteiger partial charge in [-0.15, -0.1) is 0 Å². The second kappa shape index (κ2) is 7.59. The standard InChI is InChI=1S/C20H21N3O5/c1-20(13-7-9-15(27-2)10-8-13)18(25)23(19(26)22-20)12-17(24)21-14-5-4-6-16(11-14)28-3/h4-11H,12H2,1-3H3,(H,21,24)(H,22,26)/t20-/m1/s1. The molecular weight excluding hydrogens is 362 g/mol. The predicted molar refractivity (Wildman–Crippen MR) is 102 cm³/mol. The zero-order chi connectivity index (χ0) is 20.3. The molecule has 8 nitrogen and oxygen atoms in total. The van der Waals surface area contributed by atoms with Crippen LogP contribution in [0.1, 0.15) is 12.5 Å². The molecule has 8 heteroatoms. The lowest BCUT2D eigenvalue weighted by molar-refractivity contribution is -0.133. The van der Waals surface area contributed by atoms with Crippen molar-refractivity contribution in [2.24, 2.45) is 0 Å². The number of imide groups is 1. The molecule has 1 saturated heterocycles. The molecule has 2 aromatic carbocycles. The Labute approximate surface area is 162 Å². The van der Waals surface area contributed by atoms with Gasteiger partial charge in [0, 0.05) is 11.8 Å². The summed E-state index contributed by atoms with van der Waals surface area (Å²) in [6.45, 7) is 1.21. The zero-order valence-electron chi connectivity index (χ0n) is 15.8. The van der Waals surface area contributed by atoms with Gasteiger partial charge in [0.25, 0.3) is 5.91 Å². The normalized spacial score (nSPS) is 18.6. The van der Waals surface area contributed by atoms with Gasteiger partial charge in [-0.25, -0.2) is 4.79 Å². The van der Waals surface area contributed by atoms with Crippen LogP contribution in [0.2, 0.25) is 0 Å². The third-order valence-electron chi connectivity index (χ3n) is 4.60. The van der Waals surface area contributed by atoms with Gasteiger partial charge in [-0.3, -0.25) is 14.5 Å². The Kier molecular flexibility index (Phi) is 5.21. The van der Waals surface area contributed by atoms with E-state index < -0.39 is 29.9 Å². The van der Waals surface area contributed by atoms with E-state index in [1.807, 2.05) is 0 Å². The Balaban J connectivity index is 1.73. The SMILES string of the molecule is COc1ccc([C@@]2(C)NC(=O)N(CC(=O)Nc3cccc(OC)c3)C2=O)cc1. The van der Waals surface area contributed by atoms with E-state index in [4.69, 9.17) is 9.47 Å². The Hall–Kier alpha value is -3.55. The molecule has 1 heterocycles. The van der Waals surface area contributed by atoms with E-state index in [0.717, 1.165) is 4.90 Å². The molecule has 4 amide bonds. The van der Waals surface area contributed by atoms with Crippen LogP contribution < -0.4 is 20.1 Å². The molecule has 146 valence electrons. The van der Waals surface area contributed by atoms with E-state index in [2.05, 4.69) is 10.6 Å². The molecular formula is C20H21N3O5. The van der Waals surface area contributed by atoms with Crippen molar-refractivity contribution in [3.63, 3.8) is 0 Å². The number of nitrogens with one attached hydrogen (secondary N) is 2. The molecule has 0 radical (unpaired) electrons. The molecule has 1 fully saturated rings. The van der Waals surface area contributed by atoms with E-state index in [-0.39, 0.29) is 0 Å². The summed E-state index contributed by atoms with van der Waals surface area (Å²) in [5.41, 5.74) is -0.142. The topological polar surface area (TPSA) is 97.0 Å². The number of amides is 4. The van der Waals surface area contributed by atoms with Crippen LogP contribution in [0.3, 0.4) is 0 Å². The molecule has 28 heavy (non-hydrogen) atoms. The number of benzene rings is 2. The molecule has 0 aromatic heterocycles. The van der Waals surface area contributed by atoms with Crippen LogP contribution in [0.25, 0.3) is 0 Å². The molecule has 2 N–H and O–H groups in total. The molecule has 2 aromatic rings. The van der Waals surface area contributed by atoms with Gasteiger partial charge in [-0.2, -0.15) is 0 Å². The largest absolute Gasteiger partial charge is 0.497 e. The van der Waals surface area contributed by atoms with Crippen molar-refractivity contribution >= 4 is 23.5 Å². The van der Waals surface area contributed by atoms with Gasteiger partial charge in [0.1, 0.15) is 23.6 Å². The maximum Gasteiger partial charge on any atom is 0.325 e. The van der Waals surface area contributed by atoms with Crippen molar-refractivity contribution in [3.8, 4) is 11.5 Å². The van der Waals surface area contributed by atoms with E-state index in [1.165, 1.54) is 7.11 Å². The summed E-state index contributed by atoms with van der Waals surface area (Å²) in [5, 5.41) is 5.33. The van der Waals surface area contributed by atoms with Crippen molar-refractivity contribution in [3.05, 3.63) is 54.1 Å². The lowest BCUT2D eigenvalue weighted by Crippen LogP contribution is -2.42. The van der Waals surface area contributed by atoms with Crippen molar-refractivity contribution in [1.29, 1.82) is 0 Å². The summed E-state index contributed by atoms with van der Waals surface area (Å²) < 4.78 is 10.2. The minimum absolute atomic E-state index is 0.395. The summed E-state index contributed by atoms with van der Waals surface area (Å²) in [4.78, 5) is 38.5. The lowest BCUT2D eigenvalue weighted by Gasteiger charge is -2.22. The monoisotopic (exact) mass is 383 g/mol. The quantitative estimate of drug-likeness (QED) is 0.745. The fourth-order valence-electron chi connectivity index (χ4n) is 3.01. The maximum atomic E-state index is 12.9. The van der Waals surface area contributed by atoms with Crippen LogP contribution in [-0.2, 0) is 15.1 Å². The van der Waals surface area contributed by atoms with Crippen LogP contribution in [0.15, 0.2) is 48.5 Å². The molecule has 1 atom stereocenters. The summed E-state index contributed by atoms with van der Waals surface area (Å²) in [6, 6.07) is 13.0. The first-order chi connectivity index (χ1) is 13.4. The molecule has 0 unspecified atom stereocenters. The number of urea groups is 1. The van der Waals surface area contributed by atoms with Gasteiger partial charge in [0.05, 0.1) is 14.2 Å². The van der Waals surface area contributed by atoms with Gasteiger partial charge in [-0.05, 0) is 36.8 Å². The molecule has 1 aliphatic heterocycles. The second-order valence-electron chi connectivity index (χ2n) is 6.46. The highest BCUT2D eigenvalue weighted by Crippen LogP contribution is 2.30. The number of hydrogen-bond acceptors (Lipinski definition) is 5. The van der Waals surface area contributed by atoms with Gasteiger partial charge in [0.2, 0.25) is 5.91 Å². The first kappa shape index (κ1) is 19.2. The number of anilines is 1. The van der Waals surface area contributed by atoms with E-state index in [1.54, 1.807) is 62.6 Å². The Morgan fingerprint density at radius 2 is 1.75 bits per heavy atom. The number of carbonyl (C=O) groups excluding carboxylic acids is 3. The number of ether oxygens (including phenoxy) is 2. The number of nitrogens with zero attached hydrogens (tertiary/aromatic N) is 1. The van der Waals surface area contributed by atoms with Crippen LogP contribution >= 0.6 is 0 Å². The highest BCUT2D eigenvalue weighted by atomic mass is 16.5. The fourth-order valence-corrected chi connectivity index (χ4v) is 3.01. The smallest absolute Gasteiger partial charge is 0.325 e. The minimum Gasteiger partial charge on any atom is -0.497 e. The highest BCUT2D eigenvalue weighted by molar-refractivity contribution is 6.10. The molecule has 0 saturated carbocycles. The first-order valence-corrected chi connectivity index (χ1v) is 8.60. The summed E-state index contributed by atoms with van der Waals surface area (Å²) >= 11 is 0. The Morgan fingerprint density at radius 3 is 2.39 bits per heavy atom. The average molecular weight is 383 g/mol. The highest BCUT2D eigenvalue weighted by Gasteiger charge is 2.49. The van der Waals surface area contributed by atoms with Crippen LogP contribution in [0.5, 0.6) is 11.5 Å². The predicted octanol–water partition coefficient (Wildman–Crippen LogP) is 2.11. The van der Waals surface area contributed by atoms with Crippen molar-refractivity contribution < 1.29 is 23.9 Å².